The molecule has 1 saturated carbocycles. The molecule has 0 heterocycles. The molecular formula is C21H20O6. The lowest BCUT2D eigenvalue weighted by Crippen LogP contribution is -2.31. The van der Waals surface area contributed by atoms with Crippen LogP contribution in [0.25, 0.3) is 0 Å². The number of Topliss-reactive ketones (excluding diaryl/α,β-unsaturated/α-hetero) is 1. The van der Waals surface area contributed by atoms with Crippen LogP contribution >= 0.6 is 0 Å². The Labute approximate surface area is 155 Å². The molecule has 0 saturated heterocycles. The average Bonchev–Trinajstić information content (AvgIpc) is 2.67. The number of aromatic hydroxyl groups is 2. The van der Waals surface area contributed by atoms with Gasteiger partial charge < -0.3 is 20.4 Å². The van der Waals surface area contributed by atoms with Crippen molar-refractivity contribution in [1.82, 2.24) is 0 Å². The van der Waals surface area contributed by atoms with Crippen molar-refractivity contribution in [3.8, 4) is 11.5 Å². The van der Waals surface area contributed by atoms with Crippen molar-refractivity contribution >= 4 is 11.6 Å². The van der Waals surface area contributed by atoms with Gasteiger partial charge in [-0.1, -0.05) is 6.08 Å². The number of allylic oxidation sites excluding steroid dienone is 3. The fraction of sp³-hybridized carbons (Fsp3) is 0.333. The molecular weight excluding hydrogens is 348 g/mol. The van der Waals surface area contributed by atoms with Gasteiger partial charge in [0, 0.05) is 12.0 Å². The topological polar surface area (TPSA) is 115 Å². The zero-order chi connectivity index (χ0) is 19.3. The Balaban J connectivity index is 1.95. The number of hydrogen-bond acceptors (Lipinski definition) is 6. The van der Waals surface area contributed by atoms with Crippen LogP contribution in [-0.2, 0) is 22.4 Å². The second kappa shape index (κ2) is 6.48. The Hall–Kier alpha value is -2.70. The SMILES string of the molecule is O=C1C=C2Cc3cc(O)c(O)cc3CC=C3C(=O)C(O)CC/C3=C/2CC1O. The fourth-order valence-corrected chi connectivity index (χ4v) is 4.10. The van der Waals surface area contributed by atoms with E-state index in [2.05, 4.69) is 0 Å². The summed E-state index contributed by atoms with van der Waals surface area (Å²) in [7, 11) is 0. The highest BCUT2D eigenvalue weighted by atomic mass is 16.3. The summed E-state index contributed by atoms with van der Waals surface area (Å²) in [6, 6.07) is 2.92. The lowest BCUT2D eigenvalue weighted by atomic mass is 9.77. The molecule has 4 N–H and O–H groups in total. The maximum Gasteiger partial charge on any atom is 0.191 e. The highest BCUT2D eigenvalue weighted by Crippen LogP contribution is 2.40. The highest BCUT2D eigenvalue weighted by molar-refractivity contribution is 6.04. The third-order valence-electron chi connectivity index (χ3n) is 5.56. The van der Waals surface area contributed by atoms with Crippen LogP contribution in [0.3, 0.4) is 0 Å². The van der Waals surface area contributed by atoms with Crippen molar-refractivity contribution in [2.24, 2.45) is 0 Å². The van der Waals surface area contributed by atoms with Gasteiger partial charge in [-0.05, 0) is 71.7 Å². The maximum absolute atomic E-state index is 12.6. The predicted octanol–water partition coefficient (Wildman–Crippen LogP) is 1.40. The molecule has 1 fully saturated rings. The van der Waals surface area contributed by atoms with Crippen molar-refractivity contribution in [2.45, 2.75) is 44.3 Å². The first kappa shape index (κ1) is 17.7. The Morgan fingerprint density at radius 2 is 1.63 bits per heavy atom. The lowest BCUT2D eigenvalue weighted by Gasteiger charge is -2.28. The summed E-state index contributed by atoms with van der Waals surface area (Å²) >= 11 is 0. The molecule has 1 aromatic rings. The summed E-state index contributed by atoms with van der Waals surface area (Å²) in [5.74, 6) is -1.24. The number of fused-ring (bicyclic) bond motifs is 3. The summed E-state index contributed by atoms with van der Waals surface area (Å²) in [4.78, 5) is 24.7. The van der Waals surface area contributed by atoms with Crippen molar-refractivity contribution in [3.63, 3.8) is 0 Å². The molecule has 140 valence electrons. The zero-order valence-electron chi connectivity index (χ0n) is 14.6. The molecule has 1 aromatic carbocycles. The van der Waals surface area contributed by atoms with E-state index < -0.39 is 12.2 Å². The molecule has 0 aromatic heterocycles. The van der Waals surface area contributed by atoms with E-state index in [9.17, 15) is 30.0 Å². The first-order valence-electron chi connectivity index (χ1n) is 8.96. The smallest absolute Gasteiger partial charge is 0.191 e. The van der Waals surface area contributed by atoms with Gasteiger partial charge in [0.15, 0.2) is 23.1 Å². The summed E-state index contributed by atoms with van der Waals surface area (Å²) in [5.41, 5.74) is 4.10. The van der Waals surface area contributed by atoms with E-state index in [1.54, 1.807) is 6.08 Å². The van der Waals surface area contributed by atoms with E-state index in [1.807, 2.05) is 0 Å². The van der Waals surface area contributed by atoms with Gasteiger partial charge in [0.2, 0.25) is 0 Å². The Bertz CT molecular complexity index is 950. The van der Waals surface area contributed by atoms with Crippen LogP contribution in [-0.4, -0.2) is 44.2 Å². The lowest BCUT2D eigenvalue weighted by molar-refractivity contribution is -0.124. The number of hydrogen-bond donors (Lipinski definition) is 4. The number of benzene rings is 1. The average molecular weight is 368 g/mol. The third-order valence-corrected chi connectivity index (χ3v) is 5.56. The fourth-order valence-electron chi connectivity index (χ4n) is 4.10. The van der Waals surface area contributed by atoms with Gasteiger partial charge in [0.05, 0.1) is 0 Å². The van der Waals surface area contributed by atoms with Gasteiger partial charge in [0.1, 0.15) is 12.2 Å². The van der Waals surface area contributed by atoms with Crippen molar-refractivity contribution in [3.05, 3.63) is 57.7 Å². The molecule has 6 heteroatoms. The normalized spacial score (nSPS) is 28.1. The molecule has 6 nitrogen and oxygen atoms in total. The van der Waals surface area contributed by atoms with E-state index in [1.165, 1.54) is 18.2 Å². The van der Waals surface area contributed by atoms with E-state index in [0.29, 0.717) is 36.8 Å². The minimum Gasteiger partial charge on any atom is -0.504 e. The molecule has 3 aliphatic carbocycles. The molecule has 2 atom stereocenters. The van der Waals surface area contributed by atoms with Crippen molar-refractivity contribution < 1.29 is 30.0 Å². The van der Waals surface area contributed by atoms with Crippen LogP contribution in [0.1, 0.15) is 30.4 Å². The minimum atomic E-state index is -1.15. The quantitative estimate of drug-likeness (QED) is 0.515. The van der Waals surface area contributed by atoms with Crippen LogP contribution in [0.5, 0.6) is 11.5 Å². The van der Waals surface area contributed by atoms with Gasteiger partial charge in [-0.25, -0.2) is 0 Å². The maximum atomic E-state index is 12.6. The standard InChI is InChI=1S/C21H20O6/c22-16-4-3-13-14(21(16)27)2-1-10-6-17(23)18(24)7-11(10)5-12-8-19(25)20(26)9-15(12)13/h2,6-8,16,20,22-24,26H,1,3-5,9H2/b14-2?,15-13-. The van der Waals surface area contributed by atoms with E-state index in [0.717, 1.165) is 22.3 Å². The second-order valence-electron chi connectivity index (χ2n) is 7.28. The van der Waals surface area contributed by atoms with E-state index in [-0.39, 0.29) is 29.5 Å². The third kappa shape index (κ3) is 3.01. The molecule has 0 amide bonds. The Morgan fingerprint density at radius 1 is 0.926 bits per heavy atom. The number of carbonyl (C=O) groups is 2. The van der Waals surface area contributed by atoms with Crippen molar-refractivity contribution in [2.75, 3.05) is 0 Å². The van der Waals surface area contributed by atoms with Crippen LogP contribution in [0.15, 0.2) is 46.6 Å². The number of rotatable bonds is 0. The van der Waals surface area contributed by atoms with Crippen LogP contribution < -0.4 is 0 Å². The molecule has 27 heavy (non-hydrogen) atoms. The van der Waals surface area contributed by atoms with Gasteiger partial charge in [-0.2, -0.15) is 0 Å². The molecule has 0 radical (unpaired) electrons. The molecule has 0 bridgehead atoms. The van der Waals surface area contributed by atoms with Crippen LogP contribution in [0, 0.1) is 0 Å². The van der Waals surface area contributed by atoms with Gasteiger partial charge in [-0.15, -0.1) is 0 Å². The number of aliphatic hydroxyl groups is 2. The van der Waals surface area contributed by atoms with E-state index >= 15 is 0 Å². The first-order chi connectivity index (χ1) is 12.8. The Kier molecular flexibility index (Phi) is 4.25. The van der Waals surface area contributed by atoms with E-state index in [4.69, 9.17) is 0 Å². The second-order valence-corrected chi connectivity index (χ2v) is 7.28. The Morgan fingerprint density at radius 3 is 2.37 bits per heavy atom. The number of carbonyl (C=O) groups excluding carboxylic acids is 2. The minimum absolute atomic E-state index is 0.125. The van der Waals surface area contributed by atoms with Crippen LogP contribution in [0.4, 0.5) is 0 Å². The molecule has 3 aliphatic rings. The highest BCUT2D eigenvalue weighted by Gasteiger charge is 2.34. The molecule has 0 aliphatic heterocycles. The molecule has 2 unspecified atom stereocenters. The summed E-state index contributed by atoms with van der Waals surface area (Å²) in [6.07, 6.45) is 2.54. The zero-order valence-corrected chi connectivity index (χ0v) is 14.6. The van der Waals surface area contributed by atoms with Crippen molar-refractivity contribution in [1.29, 1.82) is 0 Å². The monoisotopic (exact) mass is 368 g/mol. The number of phenolic OH excluding ortho intramolecular Hbond substituents is 2. The van der Waals surface area contributed by atoms with Crippen LogP contribution in [0.2, 0.25) is 0 Å². The van der Waals surface area contributed by atoms with Gasteiger partial charge >= 0.3 is 0 Å². The number of aliphatic hydroxyl groups excluding tert-OH is 2. The van der Waals surface area contributed by atoms with Gasteiger partial charge in [-0.3, -0.25) is 9.59 Å². The largest absolute Gasteiger partial charge is 0.504 e. The molecule has 4 rings (SSSR count). The molecule has 0 spiro atoms. The number of ketones is 2. The predicted molar refractivity (Wildman–Crippen MR) is 96.3 cm³/mol. The summed E-state index contributed by atoms with van der Waals surface area (Å²) in [5, 5.41) is 39.8. The number of phenols is 2. The first-order valence-corrected chi connectivity index (χ1v) is 8.96. The summed E-state index contributed by atoms with van der Waals surface area (Å²) in [6.45, 7) is 0. The van der Waals surface area contributed by atoms with Gasteiger partial charge in [0.25, 0.3) is 0 Å². The summed E-state index contributed by atoms with van der Waals surface area (Å²) < 4.78 is 0.